The molecule has 7 aliphatic rings. The Hall–Kier alpha value is -1.27. The Morgan fingerprint density at radius 3 is 2.16 bits per heavy atom. The number of hydrogen-bond donors (Lipinski definition) is 8. The molecular weight excluding hydrogens is 644 g/mol. The summed E-state index contributed by atoms with van der Waals surface area (Å²) >= 11 is 0. The van der Waals surface area contributed by atoms with Crippen LogP contribution in [0.1, 0.15) is 78.6 Å². The average molecular weight is 699 g/mol. The highest BCUT2D eigenvalue weighted by atomic mass is 16.7. The van der Waals surface area contributed by atoms with E-state index in [1.54, 1.807) is 13.0 Å². The highest BCUT2D eigenvalue weighted by Crippen LogP contribution is 2.70. The van der Waals surface area contributed by atoms with Gasteiger partial charge in [0.2, 0.25) is 0 Å². The zero-order chi connectivity index (χ0) is 35.3. The zero-order valence-corrected chi connectivity index (χ0v) is 28.5. The van der Waals surface area contributed by atoms with Crippen molar-refractivity contribution in [3.63, 3.8) is 0 Å². The van der Waals surface area contributed by atoms with Crippen molar-refractivity contribution in [2.24, 2.45) is 28.6 Å². The third kappa shape index (κ3) is 5.47. The fraction of sp³-hybridized carbons (Fsp3) is 0.914. The lowest BCUT2D eigenvalue weighted by molar-refractivity contribution is -0.362. The van der Waals surface area contributed by atoms with Crippen LogP contribution in [0.25, 0.3) is 0 Å². The van der Waals surface area contributed by atoms with Crippen molar-refractivity contribution in [1.29, 1.82) is 0 Å². The monoisotopic (exact) mass is 698 g/mol. The number of hydrogen-bond acceptors (Lipinski definition) is 14. The second-order valence-corrected chi connectivity index (χ2v) is 16.5. The van der Waals surface area contributed by atoms with E-state index in [-0.39, 0.29) is 29.1 Å². The SMILES string of the molecule is C[C@H]1O[C@@H](O[C@H]2CC[C@]3(C)[C@H]4CC[C@]5(C)[C@@H](C6=CC(=O)OC6)CC[C@]5(O)[C@@H]4CC[C@]3(O)C2)[C@H](O)[C@H](O)[C@H]1O[C@@H]1O[C@H](CO)[C@@H](O)[C@H](O)[C@H]1O. The normalized spacial score (nSPS) is 56.0. The van der Waals surface area contributed by atoms with Gasteiger partial charge in [0.1, 0.15) is 49.3 Å². The van der Waals surface area contributed by atoms with Gasteiger partial charge < -0.3 is 64.5 Å². The first-order valence-corrected chi connectivity index (χ1v) is 18.0. The van der Waals surface area contributed by atoms with Gasteiger partial charge in [-0.15, -0.1) is 0 Å². The maximum atomic E-state index is 12.5. The lowest BCUT2D eigenvalue weighted by Gasteiger charge is -2.66. The molecule has 14 nitrogen and oxygen atoms in total. The fourth-order valence-corrected chi connectivity index (χ4v) is 11.3. The van der Waals surface area contributed by atoms with Gasteiger partial charge in [-0.25, -0.2) is 4.79 Å². The number of esters is 1. The number of aliphatic hydroxyl groups is 8. The second-order valence-electron chi connectivity index (χ2n) is 16.5. The summed E-state index contributed by atoms with van der Waals surface area (Å²) in [6, 6.07) is 0. The second kappa shape index (κ2) is 12.7. The molecule has 2 saturated heterocycles. The predicted molar refractivity (Wildman–Crippen MR) is 167 cm³/mol. The van der Waals surface area contributed by atoms with Crippen molar-refractivity contribution in [1.82, 2.24) is 0 Å². The molecule has 14 heteroatoms. The Kier molecular flexibility index (Phi) is 9.36. The van der Waals surface area contributed by atoms with Crippen LogP contribution in [-0.4, -0.2) is 139 Å². The third-order valence-electron chi connectivity index (χ3n) is 14.3. The first-order chi connectivity index (χ1) is 23.1. The van der Waals surface area contributed by atoms with Gasteiger partial charge >= 0.3 is 5.97 Å². The van der Waals surface area contributed by atoms with Gasteiger partial charge in [-0.3, -0.25) is 0 Å². The molecule has 0 amide bonds. The predicted octanol–water partition coefficient (Wildman–Crippen LogP) is -0.605. The number of rotatable bonds is 6. The molecule has 6 fully saturated rings. The minimum Gasteiger partial charge on any atom is -0.458 e. The van der Waals surface area contributed by atoms with Gasteiger partial charge in [-0.1, -0.05) is 13.8 Å². The Morgan fingerprint density at radius 1 is 0.796 bits per heavy atom. The summed E-state index contributed by atoms with van der Waals surface area (Å²) in [5, 5.41) is 87.1. The summed E-state index contributed by atoms with van der Waals surface area (Å²) in [5.41, 5.74) is -1.86. The van der Waals surface area contributed by atoms with Crippen LogP contribution in [-0.2, 0) is 28.5 Å². The molecule has 8 N–H and O–H groups in total. The Bertz CT molecular complexity index is 1290. The summed E-state index contributed by atoms with van der Waals surface area (Å²) in [6.07, 6.45) is -7.14. The Labute approximate surface area is 285 Å². The molecule has 49 heavy (non-hydrogen) atoms. The van der Waals surface area contributed by atoms with E-state index >= 15 is 0 Å². The topological polar surface area (TPSA) is 225 Å². The molecule has 0 unspecified atom stereocenters. The molecule has 0 aromatic heterocycles. The highest BCUT2D eigenvalue weighted by Gasteiger charge is 2.70. The van der Waals surface area contributed by atoms with Crippen LogP contribution in [0.4, 0.5) is 0 Å². The van der Waals surface area contributed by atoms with Gasteiger partial charge in [0.05, 0.1) is 30.0 Å². The van der Waals surface area contributed by atoms with Gasteiger partial charge in [0, 0.05) is 17.9 Å². The van der Waals surface area contributed by atoms with E-state index in [0.717, 1.165) is 24.8 Å². The van der Waals surface area contributed by atoms with E-state index in [1.165, 1.54) is 0 Å². The van der Waals surface area contributed by atoms with Crippen molar-refractivity contribution >= 4 is 5.97 Å². The molecule has 3 heterocycles. The van der Waals surface area contributed by atoms with Gasteiger partial charge in [-0.2, -0.15) is 0 Å². The van der Waals surface area contributed by atoms with Gasteiger partial charge in [0.25, 0.3) is 0 Å². The van der Waals surface area contributed by atoms with Crippen molar-refractivity contribution < 1.29 is 69.3 Å². The van der Waals surface area contributed by atoms with Crippen LogP contribution >= 0.6 is 0 Å². The molecule has 278 valence electrons. The molecular formula is C35H54O14. The van der Waals surface area contributed by atoms with Crippen LogP contribution in [0.3, 0.4) is 0 Å². The highest BCUT2D eigenvalue weighted by molar-refractivity contribution is 5.85. The number of carbonyl (C=O) groups excluding carboxylic acids is 1. The molecule has 0 spiro atoms. The summed E-state index contributed by atoms with van der Waals surface area (Å²) in [4.78, 5) is 11.9. The Balaban J connectivity index is 1.00. The summed E-state index contributed by atoms with van der Waals surface area (Å²) in [6.45, 7) is 5.56. The van der Waals surface area contributed by atoms with E-state index in [0.29, 0.717) is 45.1 Å². The standard InChI is InChI=1S/C35H54O14/c1-16-29(49-31-27(41)25(39)24(38)22(14-36)48-31)26(40)28(42)30(46-16)47-18-4-8-32(2)20-5-9-33(3)19(17-12-23(37)45-15-17)7-11-35(33,44)21(20)6-10-34(32,43)13-18/h12,16,18-22,24-31,36,38-44H,4-11,13-15H2,1-3H3/t16-,18+,19-,20+,21-,22-,24-,25+,26+,27-,28-,29+,30+,31+,32-,33-,34+,35+/m1/s1. The van der Waals surface area contributed by atoms with Crippen LogP contribution < -0.4 is 0 Å². The molecule has 18 atom stereocenters. The molecule has 0 aromatic carbocycles. The van der Waals surface area contributed by atoms with E-state index in [4.69, 9.17) is 23.7 Å². The summed E-state index contributed by atoms with van der Waals surface area (Å²) in [5.74, 6) is -0.117. The summed E-state index contributed by atoms with van der Waals surface area (Å²) in [7, 11) is 0. The zero-order valence-electron chi connectivity index (χ0n) is 28.5. The lowest BCUT2D eigenvalue weighted by atomic mass is 9.42. The van der Waals surface area contributed by atoms with E-state index in [2.05, 4.69) is 13.8 Å². The van der Waals surface area contributed by atoms with Gasteiger partial charge in [0.15, 0.2) is 12.6 Å². The number of ether oxygens (including phenoxy) is 5. The van der Waals surface area contributed by atoms with Crippen molar-refractivity contribution in [3.8, 4) is 0 Å². The van der Waals surface area contributed by atoms with Crippen molar-refractivity contribution in [2.45, 2.75) is 157 Å². The molecule has 7 rings (SSSR count). The smallest absolute Gasteiger partial charge is 0.331 e. The number of aliphatic hydroxyl groups excluding tert-OH is 6. The molecule has 4 aliphatic carbocycles. The maximum absolute atomic E-state index is 12.5. The lowest BCUT2D eigenvalue weighted by Crippen LogP contribution is -2.68. The van der Waals surface area contributed by atoms with E-state index < -0.39 is 90.7 Å². The Morgan fingerprint density at radius 2 is 1.47 bits per heavy atom. The van der Waals surface area contributed by atoms with Gasteiger partial charge in [-0.05, 0) is 87.0 Å². The van der Waals surface area contributed by atoms with Crippen LogP contribution in [0.5, 0.6) is 0 Å². The van der Waals surface area contributed by atoms with Crippen LogP contribution in [0.2, 0.25) is 0 Å². The average Bonchev–Trinajstić information content (AvgIpc) is 3.61. The quantitative estimate of drug-likeness (QED) is 0.128. The summed E-state index contributed by atoms with van der Waals surface area (Å²) < 4.78 is 28.6. The molecule has 4 saturated carbocycles. The minimum atomic E-state index is -1.69. The third-order valence-corrected chi connectivity index (χ3v) is 14.3. The molecule has 0 aromatic rings. The first-order valence-electron chi connectivity index (χ1n) is 18.0. The number of cyclic esters (lactones) is 1. The van der Waals surface area contributed by atoms with Crippen LogP contribution in [0, 0.1) is 28.6 Å². The van der Waals surface area contributed by atoms with Crippen molar-refractivity contribution in [3.05, 3.63) is 11.6 Å². The van der Waals surface area contributed by atoms with E-state index in [1.807, 2.05) is 0 Å². The van der Waals surface area contributed by atoms with Crippen molar-refractivity contribution in [2.75, 3.05) is 13.2 Å². The minimum absolute atomic E-state index is 0.0118. The number of fused-ring (bicyclic) bond motifs is 5. The number of carbonyl (C=O) groups is 1. The molecule has 0 bridgehead atoms. The van der Waals surface area contributed by atoms with E-state index in [9.17, 15) is 45.6 Å². The fourth-order valence-electron chi connectivity index (χ4n) is 11.3. The van der Waals surface area contributed by atoms with Crippen LogP contribution in [0.15, 0.2) is 11.6 Å². The largest absolute Gasteiger partial charge is 0.458 e. The maximum Gasteiger partial charge on any atom is 0.331 e. The molecule has 0 radical (unpaired) electrons. The molecule has 3 aliphatic heterocycles. The first kappa shape index (κ1) is 36.1.